The summed E-state index contributed by atoms with van der Waals surface area (Å²) in [5, 5.41) is 24.3. The standard InChI is InChI=1S/C24H19F2N7O2/c1-13-7-21(31-30-13)33-23(18-8-14(12-34)3-4-20(18)32-33)29-24(35)17-10-16(15(11-25)9-19(17)26)22-27-5-2-6-28-22/h2-10,34H,11-12H2,1H3,(H,29,35)(H,30,31). The number of alkyl halides is 1. The van der Waals surface area contributed by atoms with E-state index in [1.165, 1.54) is 23.1 Å². The molecule has 3 N–H and O–H groups in total. The topological polar surface area (TPSA) is 122 Å². The number of aryl methyl sites for hydroxylation is 1. The van der Waals surface area contributed by atoms with Gasteiger partial charge in [0.25, 0.3) is 5.91 Å². The predicted octanol–water partition coefficient (Wildman–Crippen LogP) is 3.87. The maximum Gasteiger partial charge on any atom is 0.259 e. The number of fused-ring (bicyclic) bond motifs is 1. The molecule has 0 saturated carbocycles. The summed E-state index contributed by atoms with van der Waals surface area (Å²) in [6, 6.07) is 10.6. The van der Waals surface area contributed by atoms with Crippen LogP contribution in [0, 0.1) is 12.7 Å². The quantitative estimate of drug-likeness (QED) is 0.343. The van der Waals surface area contributed by atoms with E-state index in [1.807, 2.05) is 6.92 Å². The molecular weight excluding hydrogens is 456 g/mol. The molecule has 0 bridgehead atoms. The average Bonchev–Trinajstić information content (AvgIpc) is 3.47. The van der Waals surface area contributed by atoms with Crippen LogP contribution < -0.4 is 5.32 Å². The van der Waals surface area contributed by atoms with Crippen molar-refractivity contribution >= 4 is 22.6 Å². The summed E-state index contributed by atoms with van der Waals surface area (Å²) >= 11 is 0. The van der Waals surface area contributed by atoms with Crippen molar-refractivity contribution in [2.75, 3.05) is 5.32 Å². The van der Waals surface area contributed by atoms with Crippen LogP contribution in [0.3, 0.4) is 0 Å². The van der Waals surface area contributed by atoms with Crippen molar-refractivity contribution in [3.05, 3.63) is 83.1 Å². The largest absolute Gasteiger partial charge is 0.392 e. The van der Waals surface area contributed by atoms with E-state index < -0.39 is 18.4 Å². The van der Waals surface area contributed by atoms with Crippen LogP contribution in [0.4, 0.5) is 14.6 Å². The number of anilines is 1. The summed E-state index contributed by atoms with van der Waals surface area (Å²) in [4.78, 5) is 21.5. The molecule has 0 aliphatic rings. The van der Waals surface area contributed by atoms with Crippen LogP contribution in [0.1, 0.15) is 27.2 Å². The summed E-state index contributed by atoms with van der Waals surface area (Å²) in [7, 11) is 0. The molecule has 0 radical (unpaired) electrons. The first-order chi connectivity index (χ1) is 17.0. The number of aromatic amines is 1. The van der Waals surface area contributed by atoms with Gasteiger partial charge in [-0.15, -0.1) is 0 Å². The van der Waals surface area contributed by atoms with Crippen molar-refractivity contribution in [3.63, 3.8) is 0 Å². The monoisotopic (exact) mass is 475 g/mol. The molecule has 5 aromatic rings. The van der Waals surface area contributed by atoms with Gasteiger partial charge in [0.1, 0.15) is 18.3 Å². The van der Waals surface area contributed by atoms with Gasteiger partial charge in [0, 0.05) is 35.1 Å². The maximum atomic E-state index is 14.9. The number of hydrogen-bond acceptors (Lipinski definition) is 6. The predicted molar refractivity (Wildman–Crippen MR) is 124 cm³/mol. The van der Waals surface area contributed by atoms with E-state index in [9.17, 15) is 18.7 Å². The number of aliphatic hydroxyl groups excluding tert-OH is 1. The van der Waals surface area contributed by atoms with Crippen molar-refractivity contribution in [2.45, 2.75) is 20.2 Å². The minimum absolute atomic E-state index is 0.0281. The summed E-state index contributed by atoms with van der Waals surface area (Å²) in [6.45, 7) is 0.652. The van der Waals surface area contributed by atoms with Crippen molar-refractivity contribution in [1.82, 2.24) is 29.9 Å². The molecule has 5 rings (SSSR count). The van der Waals surface area contributed by atoms with Gasteiger partial charge in [-0.1, -0.05) is 6.07 Å². The van der Waals surface area contributed by atoms with E-state index in [-0.39, 0.29) is 34.9 Å². The first-order valence-electron chi connectivity index (χ1n) is 10.6. The minimum atomic E-state index is -0.952. The number of nitrogens with one attached hydrogen (secondary N) is 2. The fraction of sp³-hybridized carbons (Fsp3) is 0.125. The number of halogens is 2. The molecule has 176 valence electrons. The van der Waals surface area contributed by atoms with E-state index in [2.05, 4.69) is 30.6 Å². The number of rotatable bonds is 6. The molecule has 1 amide bonds. The number of H-pyrrole nitrogens is 1. The molecule has 11 heteroatoms. The Morgan fingerprint density at radius 1 is 1.17 bits per heavy atom. The molecule has 9 nitrogen and oxygen atoms in total. The Bertz CT molecular complexity index is 1550. The van der Waals surface area contributed by atoms with Crippen LogP contribution >= 0.6 is 0 Å². The molecule has 3 heterocycles. The van der Waals surface area contributed by atoms with Crippen LogP contribution in [0.5, 0.6) is 0 Å². The van der Waals surface area contributed by atoms with Crippen LogP contribution in [-0.2, 0) is 13.3 Å². The molecule has 0 unspecified atom stereocenters. The van der Waals surface area contributed by atoms with Crippen molar-refractivity contribution in [1.29, 1.82) is 0 Å². The zero-order chi connectivity index (χ0) is 24.5. The lowest BCUT2D eigenvalue weighted by atomic mass is 10.0. The summed E-state index contributed by atoms with van der Waals surface area (Å²) in [5.41, 5.74) is 1.83. The first kappa shape index (κ1) is 22.3. The highest BCUT2D eigenvalue weighted by atomic mass is 19.1. The highest BCUT2D eigenvalue weighted by Gasteiger charge is 2.22. The minimum Gasteiger partial charge on any atom is -0.392 e. The van der Waals surface area contributed by atoms with Crippen molar-refractivity contribution in [2.24, 2.45) is 0 Å². The van der Waals surface area contributed by atoms with Gasteiger partial charge in [-0.05, 0) is 48.4 Å². The number of carbonyl (C=O) groups excluding carboxylic acids is 1. The Hall–Kier alpha value is -4.51. The van der Waals surface area contributed by atoms with Crippen LogP contribution in [-0.4, -0.2) is 41.0 Å². The van der Waals surface area contributed by atoms with Gasteiger partial charge in [-0.3, -0.25) is 9.89 Å². The van der Waals surface area contributed by atoms with Gasteiger partial charge < -0.3 is 10.4 Å². The Labute approximate surface area is 197 Å². The maximum absolute atomic E-state index is 14.9. The zero-order valence-corrected chi connectivity index (χ0v) is 18.5. The second-order valence-electron chi connectivity index (χ2n) is 7.83. The van der Waals surface area contributed by atoms with Gasteiger partial charge in [-0.2, -0.15) is 14.9 Å². The Kier molecular flexibility index (Phi) is 5.75. The number of benzene rings is 2. The molecule has 2 aromatic carbocycles. The lowest BCUT2D eigenvalue weighted by Gasteiger charge is -2.12. The summed E-state index contributed by atoms with van der Waals surface area (Å²) in [5.74, 6) is -0.861. The number of carbonyl (C=O) groups is 1. The lowest BCUT2D eigenvalue weighted by Crippen LogP contribution is -2.17. The molecule has 35 heavy (non-hydrogen) atoms. The number of aliphatic hydroxyl groups is 1. The molecular formula is C24H19F2N7O2. The highest BCUT2D eigenvalue weighted by molar-refractivity contribution is 6.09. The molecule has 0 aliphatic carbocycles. The van der Waals surface area contributed by atoms with Gasteiger partial charge in [-0.25, -0.2) is 18.7 Å². The molecule has 3 aromatic heterocycles. The normalized spacial score (nSPS) is 11.2. The summed E-state index contributed by atoms with van der Waals surface area (Å²) < 4.78 is 30.0. The molecule has 0 aliphatic heterocycles. The third-order valence-electron chi connectivity index (χ3n) is 5.45. The third kappa shape index (κ3) is 4.13. The van der Waals surface area contributed by atoms with Gasteiger partial charge in [0.05, 0.1) is 17.7 Å². The number of nitrogens with zero attached hydrogens (tertiary/aromatic N) is 5. The fourth-order valence-corrected chi connectivity index (χ4v) is 3.75. The Morgan fingerprint density at radius 2 is 1.97 bits per heavy atom. The van der Waals surface area contributed by atoms with E-state index >= 15 is 0 Å². The highest BCUT2D eigenvalue weighted by Crippen LogP contribution is 2.30. The second-order valence-corrected chi connectivity index (χ2v) is 7.83. The van der Waals surface area contributed by atoms with Gasteiger partial charge >= 0.3 is 0 Å². The van der Waals surface area contributed by atoms with Crippen LogP contribution in [0.15, 0.2) is 54.9 Å². The van der Waals surface area contributed by atoms with Crippen LogP contribution in [0.25, 0.3) is 28.1 Å². The zero-order valence-electron chi connectivity index (χ0n) is 18.5. The summed E-state index contributed by atoms with van der Waals surface area (Å²) in [6.07, 6.45) is 2.95. The van der Waals surface area contributed by atoms with Crippen LogP contribution in [0.2, 0.25) is 0 Å². The van der Waals surface area contributed by atoms with E-state index in [1.54, 1.807) is 30.3 Å². The molecule has 0 atom stereocenters. The van der Waals surface area contributed by atoms with Gasteiger partial charge in [0.15, 0.2) is 11.6 Å². The fourth-order valence-electron chi connectivity index (χ4n) is 3.75. The second kappa shape index (κ2) is 9.03. The molecule has 0 saturated heterocycles. The van der Waals surface area contributed by atoms with Crippen molar-refractivity contribution in [3.8, 4) is 17.2 Å². The Morgan fingerprint density at radius 3 is 2.66 bits per heavy atom. The van der Waals surface area contributed by atoms with E-state index in [0.717, 1.165) is 11.8 Å². The number of amides is 1. The number of hydrogen-bond donors (Lipinski definition) is 3. The van der Waals surface area contributed by atoms with E-state index in [4.69, 9.17) is 0 Å². The average molecular weight is 475 g/mol. The van der Waals surface area contributed by atoms with Crippen molar-refractivity contribution < 1.29 is 18.7 Å². The first-order valence-corrected chi connectivity index (χ1v) is 10.6. The third-order valence-corrected chi connectivity index (χ3v) is 5.45. The molecule has 0 fully saturated rings. The lowest BCUT2D eigenvalue weighted by molar-refractivity contribution is 0.102. The van der Waals surface area contributed by atoms with E-state index in [0.29, 0.717) is 22.3 Å². The molecule has 0 spiro atoms. The number of aromatic nitrogens is 6. The van der Waals surface area contributed by atoms with Gasteiger partial charge in [0.2, 0.25) is 0 Å². The SMILES string of the molecule is Cc1cc(-n2nc3ccc(CO)cc3c2NC(=O)c2cc(-c3ncccn3)c(CF)cc2F)n[nH]1. The smallest absolute Gasteiger partial charge is 0.259 e. The Balaban J connectivity index is 1.62.